The molecule has 3 rings (SSSR count). The van der Waals surface area contributed by atoms with Gasteiger partial charge in [0.15, 0.2) is 0 Å². The molecule has 0 fully saturated rings. The molecular weight excluding hydrogens is 330 g/mol. The number of carbonyl (C=O) groups excluding carboxylic acids is 1. The predicted molar refractivity (Wildman–Crippen MR) is 99.8 cm³/mol. The van der Waals surface area contributed by atoms with Gasteiger partial charge in [0.2, 0.25) is 5.89 Å². The Labute approximate surface area is 153 Å². The molecule has 0 saturated carbocycles. The first-order valence-electron chi connectivity index (χ1n) is 9.10. The third-order valence-electron chi connectivity index (χ3n) is 4.47. The minimum atomic E-state index is -0.910. The van der Waals surface area contributed by atoms with Gasteiger partial charge in [-0.15, -0.1) is 10.2 Å². The number of rotatable bonds is 7. The second kappa shape index (κ2) is 7.32. The fraction of sp³-hybridized carbons (Fsp3) is 0.450. The van der Waals surface area contributed by atoms with Crippen LogP contribution in [0, 0.1) is 0 Å². The number of ether oxygens (including phenoxy) is 1. The molecule has 138 valence electrons. The predicted octanol–water partition coefficient (Wildman–Crippen LogP) is 4.33. The summed E-state index contributed by atoms with van der Waals surface area (Å²) in [6.45, 7) is 7.95. The maximum atomic E-state index is 12.6. The summed E-state index contributed by atoms with van der Waals surface area (Å²) in [6, 6.07) is 9.88. The van der Waals surface area contributed by atoms with Crippen LogP contribution in [-0.4, -0.2) is 27.3 Å². The van der Waals surface area contributed by atoms with Crippen LogP contribution in [0.25, 0.3) is 22.5 Å². The highest BCUT2D eigenvalue weighted by Gasteiger charge is 2.35. The minimum absolute atomic E-state index is 0.298. The van der Waals surface area contributed by atoms with Crippen LogP contribution in [-0.2, 0) is 21.5 Å². The number of hydrogen-bond acceptors (Lipinski definition) is 5. The van der Waals surface area contributed by atoms with E-state index in [1.54, 1.807) is 6.92 Å². The van der Waals surface area contributed by atoms with E-state index in [9.17, 15) is 4.79 Å². The first kappa shape index (κ1) is 18.2. The Kier molecular flexibility index (Phi) is 5.11. The molecule has 0 aliphatic heterocycles. The molecule has 2 aromatic heterocycles. The second-order valence-electron chi connectivity index (χ2n) is 6.81. The van der Waals surface area contributed by atoms with Gasteiger partial charge in [0.25, 0.3) is 5.89 Å². The SMILES string of the molecule is CCCCc1nnc(-c2cc3ccccc3n2C(C)(C)C(=O)OCC)o1. The number of carbonyl (C=O) groups is 1. The van der Waals surface area contributed by atoms with Gasteiger partial charge in [-0.25, -0.2) is 4.79 Å². The lowest BCUT2D eigenvalue weighted by Crippen LogP contribution is -2.37. The molecule has 0 unspecified atom stereocenters. The summed E-state index contributed by atoms with van der Waals surface area (Å²) < 4.78 is 13.1. The van der Waals surface area contributed by atoms with Crippen molar-refractivity contribution in [3.05, 3.63) is 36.2 Å². The smallest absolute Gasteiger partial charge is 0.331 e. The summed E-state index contributed by atoms with van der Waals surface area (Å²) in [5.74, 6) is 0.741. The van der Waals surface area contributed by atoms with Crippen LogP contribution in [0.3, 0.4) is 0 Å². The molecule has 2 heterocycles. The standard InChI is InChI=1S/C20H25N3O3/c1-5-7-12-17-21-22-18(26-17)16-13-14-10-8-9-11-15(14)23(16)20(3,4)19(24)25-6-2/h8-11,13H,5-7,12H2,1-4H3. The molecule has 6 heteroatoms. The number of aryl methyl sites for hydroxylation is 1. The topological polar surface area (TPSA) is 70.2 Å². The van der Waals surface area contributed by atoms with Crippen molar-refractivity contribution in [1.82, 2.24) is 14.8 Å². The molecule has 6 nitrogen and oxygen atoms in total. The number of hydrogen-bond donors (Lipinski definition) is 0. The third-order valence-corrected chi connectivity index (χ3v) is 4.47. The average molecular weight is 355 g/mol. The van der Waals surface area contributed by atoms with Crippen molar-refractivity contribution in [2.75, 3.05) is 6.61 Å². The van der Waals surface area contributed by atoms with Crippen LogP contribution >= 0.6 is 0 Å². The van der Waals surface area contributed by atoms with Gasteiger partial charge in [-0.2, -0.15) is 0 Å². The third kappa shape index (κ3) is 3.23. The van der Waals surface area contributed by atoms with Gasteiger partial charge in [0.05, 0.1) is 6.61 Å². The normalized spacial score (nSPS) is 11.8. The molecule has 1 aromatic carbocycles. The molecule has 0 saturated heterocycles. The van der Waals surface area contributed by atoms with Crippen molar-refractivity contribution >= 4 is 16.9 Å². The monoisotopic (exact) mass is 355 g/mol. The van der Waals surface area contributed by atoms with Gasteiger partial charge in [0, 0.05) is 17.3 Å². The lowest BCUT2D eigenvalue weighted by atomic mass is 10.0. The largest absolute Gasteiger partial charge is 0.464 e. The molecule has 26 heavy (non-hydrogen) atoms. The van der Waals surface area contributed by atoms with Gasteiger partial charge in [0.1, 0.15) is 11.2 Å². The van der Waals surface area contributed by atoms with Crippen LogP contribution < -0.4 is 0 Å². The molecule has 0 amide bonds. The first-order chi connectivity index (χ1) is 12.5. The van der Waals surface area contributed by atoms with Crippen molar-refractivity contribution < 1.29 is 13.9 Å². The lowest BCUT2D eigenvalue weighted by molar-refractivity contribution is -0.151. The van der Waals surface area contributed by atoms with Crippen molar-refractivity contribution in [2.24, 2.45) is 0 Å². The van der Waals surface area contributed by atoms with Gasteiger partial charge < -0.3 is 13.7 Å². The fourth-order valence-electron chi connectivity index (χ4n) is 3.10. The minimum Gasteiger partial charge on any atom is -0.464 e. The van der Waals surface area contributed by atoms with Crippen LogP contribution in [0.15, 0.2) is 34.7 Å². The number of fused-ring (bicyclic) bond motifs is 1. The van der Waals surface area contributed by atoms with Crippen LogP contribution in [0.2, 0.25) is 0 Å². The van der Waals surface area contributed by atoms with Gasteiger partial charge >= 0.3 is 5.97 Å². The Morgan fingerprint density at radius 3 is 2.73 bits per heavy atom. The Bertz CT molecular complexity index is 908. The van der Waals surface area contributed by atoms with Crippen molar-refractivity contribution in [3.8, 4) is 11.6 Å². The number of benzene rings is 1. The zero-order valence-corrected chi connectivity index (χ0v) is 15.8. The second-order valence-corrected chi connectivity index (χ2v) is 6.81. The maximum Gasteiger partial charge on any atom is 0.331 e. The summed E-state index contributed by atoms with van der Waals surface area (Å²) in [7, 11) is 0. The van der Waals surface area contributed by atoms with E-state index in [-0.39, 0.29) is 5.97 Å². The van der Waals surface area contributed by atoms with Crippen LogP contribution in [0.5, 0.6) is 0 Å². The summed E-state index contributed by atoms with van der Waals surface area (Å²) in [4.78, 5) is 12.6. The quantitative estimate of drug-likeness (QED) is 0.590. The van der Waals surface area contributed by atoms with E-state index in [0.29, 0.717) is 18.4 Å². The molecule has 0 aliphatic rings. The Morgan fingerprint density at radius 2 is 2.00 bits per heavy atom. The highest BCUT2D eigenvalue weighted by molar-refractivity contribution is 5.89. The van der Waals surface area contributed by atoms with E-state index in [0.717, 1.165) is 35.9 Å². The molecule has 0 spiro atoms. The van der Waals surface area contributed by atoms with E-state index < -0.39 is 5.54 Å². The molecule has 0 N–H and O–H groups in total. The Balaban J connectivity index is 2.13. The fourth-order valence-corrected chi connectivity index (χ4v) is 3.10. The van der Waals surface area contributed by atoms with E-state index >= 15 is 0 Å². The maximum absolute atomic E-state index is 12.6. The van der Waals surface area contributed by atoms with E-state index in [4.69, 9.17) is 9.15 Å². The van der Waals surface area contributed by atoms with Gasteiger partial charge in [-0.3, -0.25) is 0 Å². The zero-order valence-electron chi connectivity index (χ0n) is 15.8. The Morgan fingerprint density at radius 1 is 1.23 bits per heavy atom. The highest BCUT2D eigenvalue weighted by atomic mass is 16.5. The van der Waals surface area contributed by atoms with Gasteiger partial charge in [-0.05, 0) is 39.3 Å². The zero-order chi connectivity index (χ0) is 18.7. The number of esters is 1. The summed E-state index contributed by atoms with van der Waals surface area (Å²) >= 11 is 0. The molecule has 0 bridgehead atoms. The van der Waals surface area contributed by atoms with Crippen molar-refractivity contribution in [1.29, 1.82) is 0 Å². The molecule has 0 aliphatic carbocycles. The van der Waals surface area contributed by atoms with E-state index in [1.807, 2.05) is 48.7 Å². The van der Waals surface area contributed by atoms with E-state index in [2.05, 4.69) is 17.1 Å². The summed E-state index contributed by atoms with van der Waals surface area (Å²) in [6.07, 6.45) is 2.82. The number of aromatic nitrogens is 3. The number of unbranched alkanes of at least 4 members (excludes halogenated alkanes) is 1. The van der Waals surface area contributed by atoms with Crippen molar-refractivity contribution in [3.63, 3.8) is 0 Å². The van der Waals surface area contributed by atoms with Crippen LogP contribution in [0.4, 0.5) is 0 Å². The first-order valence-corrected chi connectivity index (χ1v) is 9.10. The number of para-hydroxylation sites is 1. The van der Waals surface area contributed by atoms with Crippen LogP contribution in [0.1, 0.15) is 46.4 Å². The summed E-state index contributed by atoms with van der Waals surface area (Å²) in [5, 5.41) is 9.39. The molecular formula is C20H25N3O3. The molecule has 0 radical (unpaired) electrons. The summed E-state index contributed by atoms with van der Waals surface area (Å²) in [5.41, 5.74) is 0.736. The van der Waals surface area contributed by atoms with Gasteiger partial charge in [-0.1, -0.05) is 31.5 Å². The Hall–Kier alpha value is -2.63. The number of nitrogens with zero attached hydrogens (tertiary/aromatic N) is 3. The molecule has 3 aromatic rings. The average Bonchev–Trinajstić information content (AvgIpc) is 3.24. The van der Waals surface area contributed by atoms with E-state index in [1.165, 1.54) is 0 Å². The van der Waals surface area contributed by atoms with Crippen molar-refractivity contribution in [2.45, 2.75) is 52.5 Å². The molecule has 0 atom stereocenters. The lowest BCUT2D eigenvalue weighted by Gasteiger charge is -2.27. The highest BCUT2D eigenvalue weighted by Crippen LogP contribution is 2.34.